The van der Waals surface area contributed by atoms with Gasteiger partial charge in [0, 0.05) is 29.7 Å². The zero-order chi connectivity index (χ0) is 19.1. The van der Waals surface area contributed by atoms with Gasteiger partial charge >= 0.3 is 6.18 Å². The van der Waals surface area contributed by atoms with Crippen LogP contribution in [0.1, 0.15) is 21.5 Å². The first-order valence-electron chi connectivity index (χ1n) is 7.48. The molecule has 26 heavy (non-hydrogen) atoms. The van der Waals surface area contributed by atoms with E-state index < -0.39 is 24.2 Å². The van der Waals surface area contributed by atoms with Gasteiger partial charge in [0.1, 0.15) is 17.9 Å². The van der Waals surface area contributed by atoms with E-state index in [0.717, 1.165) is 0 Å². The summed E-state index contributed by atoms with van der Waals surface area (Å²) in [6.07, 6.45) is -3.13. The predicted octanol–water partition coefficient (Wildman–Crippen LogP) is 1.91. The maximum absolute atomic E-state index is 12.5. The van der Waals surface area contributed by atoms with Crippen LogP contribution < -0.4 is 16.6 Å². The van der Waals surface area contributed by atoms with E-state index in [4.69, 9.17) is 11.1 Å². The molecule has 0 bridgehead atoms. The molecule has 1 aliphatic heterocycles. The lowest BCUT2D eigenvalue weighted by Crippen LogP contribution is -2.34. The highest BCUT2D eigenvalue weighted by Crippen LogP contribution is 2.29. The van der Waals surface area contributed by atoms with Crippen LogP contribution in [0.5, 0.6) is 0 Å². The quantitative estimate of drug-likeness (QED) is 0.491. The van der Waals surface area contributed by atoms with Gasteiger partial charge in [-0.2, -0.15) is 13.2 Å². The number of pyridine rings is 1. The minimum Gasteiger partial charge on any atom is -0.398 e. The smallest absolute Gasteiger partial charge is 0.398 e. The standard InChI is InChI=1S/C16H14F3N5O2/c17-16(18,19)7-24-6-8-5-9(1-2-10(8)15(24)26)23-13(21)12-11(20)3-4-22-14(12)25/h1-5H,6-7H2,(H2,21,23)(H3,20,22,25). The number of aromatic nitrogens is 1. The average molecular weight is 365 g/mol. The summed E-state index contributed by atoms with van der Waals surface area (Å²) < 4.78 is 37.6. The van der Waals surface area contributed by atoms with Crippen molar-refractivity contribution in [2.45, 2.75) is 12.7 Å². The van der Waals surface area contributed by atoms with Gasteiger partial charge in [0.15, 0.2) is 0 Å². The number of halogens is 3. The van der Waals surface area contributed by atoms with E-state index in [2.05, 4.69) is 10.3 Å². The number of hydrogen-bond acceptors (Lipinski definition) is 4. The molecule has 0 fully saturated rings. The number of amidine groups is 1. The zero-order valence-electron chi connectivity index (χ0n) is 13.3. The van der Waals surface area contributed by atoms with Crippen molar-refractivity contribution >= 4 is 23.1 Å². The van der Waals surface area contributed by atoms with Crippen LogP contribution in [-0.2, 0) is 6.54 Å². The average Bonchev–Trinajstić information content (AvgIpc) is 2.81. The number of rotatable bonds is 3. The summed E-state index contributed by atoms with van der Waals surface area (Å²) in [4.78, 5) is 26.9. The maximum atomic E-state index is 12.5. The molecular formula is C16H14F3N5O2. The van der Waals surface area contributed by atoms with Gasteiger partial charge in [0.05, 0.1) is 0 Å². The van der Waals surface area contributed by atoms with Crippen molar-refractivity contribution in [1.82, 2.24) is 9.88 Å². The number of carbonyl (C=O) groups is 1. The fraction of sp³-hybridized carbons (Fsp3) is 0.188. The number of hydrogen-bond donors (Lipinski definition) is 4. The lowest BCUT2D eigenvalue weighted by molar-refractivity contribution is -0.140. The number of aromatic amines is 1. The van der Waals surface area contributed by atoms with Gasteiger partial charge in [0.2, 0.25) is 0 Å². The first-order valence-corrected chi connectivity index (χ1v) is 7.48. The van der Waals surface area contributed by atoms with E-state index in [9.17, 15) is 22.8 Å². The molecule has 10 heteroatoms. The number of fused-ring (bicyclic) bond motifs is 1. The number of carbonyl (C=O) groups excluding carboxylic acids is 1. The van der Waals surface area contributed by atoms with Crippen LogP contribution in [-0.4, -0.2) is 34.3 Å². The second-order valence-corrected chi connectivity index (χ2v) is 5.79. The highest BCUT2D eigenvalue weighted by Gasteiger charge is 2.37. The second-order valence-electron chi connectivity index (χ2n) is 5.79. The Morgan fingerprint density at radius 3 is 2.69 bits per heavy atom. The third-order valence-corrected chi connectivity index (χ3v) is 3.87. The fourth-order valence-electron chi connectivity index (χ4n) is 2.76. The molecule has 2 aromatic rings. The number of benzene rings is 1. The van der Waals surface area contributed by atoms with Gasteiger partial charge in [-0.1, -0.05) is 0 Å². The van der Waals surface area contributed by atoms with Crippen LogP contribution >= 0.6 is 0 Å². The Morgan fingerprint density at radius 1 is 1.31 bits per heavy atom. The van der Waals surface area contributed by atoms with Gasteiger partial charge in [-0.15, -0.1) is 0 Å². The molecular weight excluding hydrogens is 351 g/mol. The van der Waals surface area contributed by atoms with Crippen molar-refractivity contribution in [3.8, 4) is 0 Å². The van der Waals surface area contributed by atoms with Crippen molar-refractivity contribution in [3.63, 3.8) is 0 Å². The second kappa shape index (κ2) is 6.21. The van der Waals surface area contributed by atoms with Gasteiger partial charge in [0.25, 0.3) is 11.5 Å². The van der Waals surface area contributed by atoms with E-state index in [-0.39, 0.29) is 29.2 Å². The van der Waals surface area contributed by atoms with Gasteiger partial charge in [-0.25, -0.2) is 0 Å². The Bertz CT molecular complexity index is 952. The first kappa shape index (κ1) is 17.5. The van der Waals surface area contributed by atoms with Crippen LogP contribution in [0.3, 0.4) is 0 Å². The van der Waals surface area contributed by atoms with E-state index in [0.29, 0.717) is 16.2 Å². The minimum absolute atomic E-state index is 0.0530. The van der Waals surface area contributed by atoms with Crippen LogP contribution in [0, 0.1) is 5.41 Å². The molecule has 136 valence electrons. The number of nitrogen functional groups attached to an aromatic ring is 1. The predicted molar refractivity (Wildman–Crippen MR) is 89.2 cm³/mol. The highest BCUT2D eigenvalue weighted by atomic mass is 19.4. The van der Waals surface area contributed by atoms with E-state index in [1.165, 1.54) is 30.5 Å². The minimum atomic E-state index is -4.48. The van der Waals surface area contributed by atoms with E-state index >= 15 is 0 Å². The number of nitrogens with zero attached hydrogens (tertiary/aromatic N) is 1. The highest BCUT2D eigenvalue weighted by molar-refractivity contribution is 6.09. The van der Waals surface area contributed by atoms with Crippen molar-refractivity contribution in [1.29, 1.82) is 5.41 Å². The summed E-state index contributed by atoms with van der Waals surface area (Å²) in [6, 6.07) is 5.76. The maximum Gasteiger partial charge on any atom is 0.406 e. The Kier molecular flexibility index (Phi) is 4.18. The Hall–Kier alpha value is -3.30. The third-order valence-electron chi connectivity index (χ3n) is 3.87. The zero-order valence-corrected chi connectivity index (χ0v) is 13.3. The van der Waals surface area contributed by atoms with Crippen molar-refractivity contribution < 1.29 is 18.0 Å². The Labute approximate surface area is 145 Å². The van der Waals surface area contributed by atoms with E-state index in [1.54, 1.807) is 0 Å². The normalized spacial score (nSPS) is 13.7. The molecule has 0 spiro atoms. The molecule has 0 radical (unpaired) electrons. The summed E-state index contributed by atoms with van der Waals surface area (Å²) in [5.41, 5.74) is 6.17. The molecule has 5 N–H and O–H groups in total. The molecule has 1 aromatic heterocycles. The van der Waals surface area contributed by atoms with Crippen LogP contribution in [0.25, 0.3) is 0 Å². The molecule has 0 aliphatic carbocycles. The molecule has 2 heterocycles. The Morgan fingerprint density at radius 2 is 2.04 bits per heavy atom. The third kappa shape index (κ3) is 3.39. The van der Waals surface area contributed by atoms with Crippen molar-refractivity contribution in [2.75, 3.05) is 17.6 Å². The lowest BCUT2D eigenvalue weighted by atomic mass is 10.1. The number of H-pyrrole nitrogens is 1. The number of alkyl halides is 3. The topological polar surface area (TPSA) is 115 Å². The molecule has 7 nitrogen and oxygen atoms in total. The molecule has 0 unspecified atom stereocenters. The van der Waals surface area contributed by atoms with Crippen LogP contribution in [0.4, 0.5) is 24.5 Å². The van der Waals surface area contributed by atoms with Gasteiger partial charge in [-0.05, 0) is 29.8 Å². The van der Waals surface area contributed by atoms with Gasteiger partial charge in [-0.3, -0.25) is 15.0 Å². The molecule has 1 aliphatic rings. The van der Waals surface area contributed by atoms with Crippen molar-refractivity contribution in [3.05, 3.63) is 57.5 Å². The summed E-state index contributed by atoms with van der Waals surface area (Å²) in [5, 5.41) is 10.7. The molecule has 0 saturated heterocycles. The molecule has 0 saturated carbocycles. The summed E-state index contributed by atoms with van der Waals surface area (Å²) in [7, 11) is 0. The Balaban J connectivity index is 1.81. The number of anilines is 2. The van der Waals surface area contributed by atoms with Crippen LogP contribution in [0.2, 0.25) is 0 Å². The first-order chi connectivity index (χ1) is 12.2. The molecule has 3 rings (SSSR count). The fourth-order valence-corrected chi connectivity index (χ4v) is 2.76. The van der Waals surface area contributed by atoms with Crippen molar-refractivity contribution in [2.24, 2.45) is 0 Å². The molecule has 0 atom stereocenters. The number of nitrogens with one attached hydrogen (secondary N) is 3. The van der Waals surface area contributed by atoms with E-state index in [1.807, 2.05) is 0 Å². The summed E-state index contributed by atoms with van der Waals surface area (Å²) in [6.45, 7) is -1.50. The SMILES string of the molecule is N=C(Nc1ccc2c(c1)CN(CC(F)(F)F)C2=O)c1c(N)cc[nH]c1=O. The summed E-state index contributed by atoms with van der Waals surface area (Å²) >= 11 is 0. The molecule has 1 aromatic carbocycles. The number of amides is 1. The lowest BCUT2D eigenvalue weighted by Gasteiger charge is -2.17. The van der Waals surface area contributed by atoms with Crippen LogP contribution in [0.15, 0.2) is 35.3 Å². The number of nitrogens with two attached hydrogens (primary N) is 1. The van der Waals surface area contributed by atoms with Gasteiger partial charge < -0.3 is 20.9 Å². The monoisotopic (exact) mass is 365 g/mol. The molecule has 1 amide bonds. The summed E-state index contributed by atoms with van der Waals surface area (Å²) in [5.74, 6) is -0.955. The largest absolute Gasteiger partial charge is 0.406 e.